The molecule has 0 saturated carbocycles. The molecule has 1 aliphatic rings. The average molecular weight is 180 g/mol. The van der Waals surface area contributed by atoms with Crippen LogP contribution >= 0.6 is 0 Å². The minimum atomic E-state index is 0.443. The molecule has 2 nitrogen and oxygen atoms in total. The van der Waals surface area contributed by atoms with Crippen molar-refractivity contribution >= 4 is 0 Å². The van der Waals surface area contributed by atoms with E-state index in [0.717, 1.165) is 19.0 Å². The Kier molecular flexibility index (Phi) is 3.33. The van der Waals surface area contributed by atoms with Crippen molar-refractivity contribution in [3.8, 4) is 6.07 Å². The second kappa shape index (κ2) is 4.11. The third-order valence-electron chi connectivity index (χ3n) is 3.11. The van der Waals surface area contributed by atoms with Crippen LogP contribution in [-0.4, -0.2) is 24.5 Å². The van der Waals surface area contributed by atoms with E-state index in [2.05, 4.69) is 31.7 Å². The predicted octanol–water partition coefficient (Wildman–Crippen LogP) is 2.27. The SMILES string of the molecule is CC(C)(C)C1CCN(CC#N)CC1. The van der Waals surface area contributed by atoms with Crippen molar-refractivity contribution in [3.05, 3.63) is 0 Å². The third-order valence-corrected chi connectivity index (χ3v) is 3.11. The molecule has 0 aromatic heterocycles. The number of nitriles is 1. The van der Waals surface area contributed by atoms with Gasteiger partial charge in [-0.05, 0) is 37.3 Å². The van der Waals surface area contributed by atoms with Crippen molar-refractivity contribution < 1.29 is 0 Å². The van der Waals surface area contributed by atoms with Crippen LogP contribution in [0.4, 0.5) is 0 Å². The van der Waals surface area contributed by atoms with Crippen LogP contribution in [-0.2, 0) is 0 Å². The summed E-state index contributed by atoms with van der Waals surface area (Å²) in [4.78, 5) is 2.25. The number of rotatable bonds is 1. The third kappa shape index (κ3) is 3.00. The number of nitrogens with zero attached hydrogens (tertiary/aromatic N) is 2. The largest absolute Gasteiger partial charge is 0.291 e. The van der Waals surface area contributed by atoms with E-state index < -0.39 is 0 Å². The molecular formula is C11H20N2. The molecule has 0 unspecified atom stereocenters. The van der Waals surface area contributed by atoms with Crippen LogP contribution in [0.15, 0.2) is 0 Å². The van der Waals surface area contributed by atoms with Gasteiger partial charge >= 0.3 is 0 Å². The average Bonchev–Trinajstić information content (AvgIpc) is 2.04. The first-order valence-electron chi connectivity index (χ1n) is 5.13. The Morgan fingerprint density at radius 1 is 1.31 bits per heavy atom. The Morgan fingerprint density at radius 3 is 2.23 bits per heavy atom. The van der Waals surface area contributed by atoms with Gasteiger partial charge in [0.25, 0.3) is 0 Å². The summed E-state index contributed by atoms with van der Waals surface area (Å²) in [5, 5.41) is 8.55. The molecule has 74 valence electrons. The van der Waals surface area contributed by atoms with Crippen molar-refractivity contribution in [2.24, 2.45) is 11.3 Å². The normalized spacial score (nSPS) is 21.4. The number of hydrogen-bond acceptors (Lipinski definition) is 2. The molecule has 0 N–H and O–H groups in total. The number of piperidine rings is 1. The highest BCUT2D eigenvalue weighted by Gasteiger charge is 2.28. The fourth-order valence-corrected chi connectivity index (χ4v) is 2.06. The zero-order valence-corrected chi connectivity index (χ0v) is 9.01. The van der Waals surface area contributed by atoms with Crippen molar-refractivity contribution in [1.29, 1.82) is 5.26 Å². The lowest BCUT2D eigenvalue weighted by atomic mass is 9.75. The summed E-state index contributed by atoms with van der Waals surface area (Å²) in [7, 11) is 0. The predicted molar refractivity (Wildman–Crippen MR) is 54.2 cm³/mol. The van der Waals surface area contributed by atoms with Gasteiger partial charge in [0.05, 0.1) is 12.6 Å². The van der Waals surface area contributed by atoms with Crippen LogP contribution < -0.4 is 0 Å². The smallest absolute Gasteiger partial charge is 0.0865 e. The van der Waals surface area contributed by atoms with Gasteiger partial charge in [-0.1, -0.05) is 20.8 Å². The fraction of sp³-hybridized carbons (Fsp3) is 0.909. The molecule has 0 atom stereocenters. The van der Waals surface area contributed by atoms with Gasteiger partial charge in [-0.3, -0.25) is 4.90 Å². The van der Waals surface area contributed by atoms with E-state index in [9.17, 15) is 0 Å². The maximum absolute atomic E-state index is 8.55. The van der Waals surface area contributed by atoms with E-state index in [0.29, 0.717) is 12.0 Å². The molecule has 0 aromatic carbocycles. The van der Waals surface area contributed by atoms with Gasteiger partial charge in [-0.2, -0.15) is 5.26 Å². The second-order valence-corrected chi connectivity index (χ2v) is 5.07. The first kappa shape index (κ1) is 10.5. The van der Waals surface area contributed by atoms with Crippen LogP contribution in [0.25, 0.3) is 0 Å². The van der Waals surface area contributed by atoms with E-state index in [1.54, 1.807) is 0 Å². The Hall–Kier alpha value is -0.550. The molecule has 0 bridgehead atoms. The van der Waals surface area contributed by atoms with Gasteiger partial charge in [0, 0.05) is 0 Å². The summed E-state index contributed by atoms with van der Waals surface area (Å²) in [6.07, 6.45) is 2.51. The second-order valence-electron chi connectivity index (χ2n) is 5.07. The molecule has 1 aliphatic heterocycles. The van der Waals surface area contributed by atoms with E-state index >= 15 is 0 Å². The molecule has 2 heteroatoms. The lowest BCUT2D eigenvalue weighted by Crippen LogP contribution is -2.38. The molecule has 0 spiro atoms. The van der Waals surface area contributed by atoms with E-state index in [1.165, 1.54) is 12.8 Å². The Balaban J connectivity index is 2.36. The summed E-state index contributed by atoms with van der Waals surface area (Å²) < 4.78 is 0. The molecule has 1 fully saturated rings. The molecule has 13 heavy (non-hydrogen) atoms. The lowest BCUT2D eigenvalue weighted by Gasteiger charge is -2.37. The highest BCUT2D eigenvalue weighted by atomic mass is 15.1. The maximum atomic E-state index is 8.55. The van der Waals surface area contributed by atoms with Gasteiger partial charge in [-0.25, -0.2) is 0 Å². The minimum absolute atomic E-state index is 0.443. The summed E-state index contributed by atoms with van der Waals surface area (Å²) >= 11 is 0. The number of likely N-dealkylation sites (tertiary alicyclic amines) is 1. The summed E-state index contributed by atoms with van der Waals surface area (Å²) in [5.74, 6) is 0.836. The molecule has 1 rings (SSSR count). The summed E-state index contributed by atoms with van der Waals surface area (Å²) in [6, 6.07) is 2.22. The van der Waals surface area contributed by atoms with Crippen LogP contribution in [0.3, 0.4) is 0 Å². The van der Waals surface area contributed by atoms with Crippen LogP contribution in [0, 0.1) is 22.7 Å². The molecule has 0 radical (unpaired) electrons. The zero-order valence-electron chi connectivity index (χ0n) is 9.01. The highest BCUT2D eigenvalue weighted by molar-refractivity contribution is 4.84. The van der Waals surface area contributed by atoms with Crippen molar-refractivity contribution in [2.75, 3.05) is 19.6 Å². The quantitative estimate of drug-likeness (QED) is 0.579. The van der Waals surface area contributed by atoms with Crippen molar-refractivity contribution in [1.82, 2.24) is 4.90 Å². The monoisotopic (exact) mass is 180 g/mol. The zero-order chi connectivity index (χ0) is 9.90. The lowest BCUT2D eigenvalue weighted by molar-refractivity contribution is 0.121. The number of hydrogen-bond donors (Lipinski definition) is 0. The fourth-order valence-electron chi connectivity index (χ4n) is 2.06. The van der Waals surface area contributed by atoms with Gasteiger partial charge < -0.3 is 0 Å². The van der Waals surface area contributed by atoms with Crippen molar-refractivity contribution in [3.63, 3.8) is 0 Å². The first-order valence-corrected chi connectivity index (χ1v) is 5.13. The minimum Gasteiger partial charge on any atom is -0.291 e. The van der Waals surface area contributed by atoms with Gasteiger partial charge in [-0.15, -0.1) is 0 Å². The molecule has 0 aromatic rings. The topological polar surface area (TPSA) is 27.0 Å². The standard InChI is InChI=1S/C11H20N2/c1-11(2,3)10-4-7-13(8-5-10)9-6-12/h10H,4-5,7-9H2,1-3H3. The maximum Gasteiger partial charge on any atom is 0.0865 e. The molecule has 1 heterocycles. The van der Waals surface area contributed by atoms with Crippen LogP contribution in [0.5, 0.6) is 0 Å². The van der Waals surface area contributed by atoms with E-state index in [1.807, 2.05) is 0 Å². The van der Waals surface area contributed by atoms with E-state index in [4.69, 9.17) is 5.26 Å². The Bertz CT molecular complexity index is 189. The molecule has 0 amide bonds. The molecule has 1 saturated heterocycles. The Labute approximate surface area is 81.5 Å². The van der Waals surface area contributed by atoms with Crippen LogP contribution in [0.1, 0.15) is 33.6 Å². The van der Waals surface area contributed by atoms with Gasteiger partial charge in [0.2, 0.25) is 0 Å². The molecule has 0 aliphatic carbocycles. The molecular weight excluding hydrogens is 160 g/mol. The van der Waals surface area contributed by atoms with Crippen molar-refractivity contribution in [2.45, 2.75) is 33.6 Å². The van der Waals surface area contributed by atoms with Gasteiger partial charge in [0.15, 0.2) is 0 Å². The first-order chi connectivity index (χ1) is 6.04. The van der Waals surface area contributed by atoms with Crippen LogP contribution in [0.2, 0.25) is 0 Å². The summed E-state index contributed by atoms with van der Waals surface area (Å²) in [6.45, 7) is 9.77. The Morgan fingerprint density at radius 2 is 1.85 bits per heavy atom. The van der Waals surface area contributed by atoms with E-state index in [-0.39, 0.29) is 0 Å². The summed E-state index contributed by atoms with van der Waals surface area (Å²) in [5.41, 5.74) is 0.443. The highest BCUT2D eigenvalue weighted by Crippen LogP contribution is 2.33. The van der Waals surface area contributed by atoms with Gasteiger partial charge in [0.1, 0.15) is 0 Å².